The van der Waals surface area contributed by atoms with E-state index in [4.69, 9.17) is 10.5 Å². The summed E-state index contributed by atoms with van der Waals surface area (Å²) in [5, 5.41) is 25.5. The molecule has 26 heavy (non-hydrogen) atoms. The van der Waals surface area contributed by atoms with Crippen LogP contribution in [-0.2, 0) is 6.54 Å². The van der Waals surface area contributed by atoms with Crippen LogP contribution in [0.1, 0.15) is 11.1 Å². The quantitative estimate of drug-likeness (QED) is 0.248. The third kappa shape index (κ3) is 5.75. The van der Waals surface area contributed by atoms with Crippen molar-refractivity contribution in [3.8, 4) is 0 Å². The van der Waals surface area contributed by atoms with Crippen LogP contribution in [0.3, 0.4) is 0 Å². The van der Waals surface area contributed by atoms with Crippen molar-refractivity contribution >= 4 is 29.7 Å². The Morgan fingerprint density at radius 3 is 2.88 bits per heavy atom. The first kappa shape index (κ1) is 19.7. The summed E-state index contributed by atoms with van der Waals surface area (Å²) >= 11 is 1.72. The van der Waals surface area contributed by atoms with Crippen LogP contribution in [0.15, 0.2) is 47.3 Å². The number of hydrogen-bond donors (Lipinski definition) is 5. The molecule has 2 aromatic rings. The molecule has 2 rings (SSSR count). The van der Waals surface area contributed by atoms with E-state index in [1.54, 1.807) is 24.2 Å². The molecule has 0 saturated carbocycles. The normalized spacial score (nSPS) is 11.1. The van der Waals surface area contributed by atoms with Crippen LogP contribution in [0.5, 0.6) is 0 Å². The maximum atomic E-state index is 8.80. The van der Waals surface area contributed by atoms with Gasteiger partial charge >= 0.3 is 0 Å². The summed E-state index contributed by atoms with van der Waals surface area (Å²) < 4.78 is 0. The van der Waals surface area contributed by atoms with Crippen LogP contribution in [0.4, 0.5) is 11.8 Å². The number of hydrogen-bond acceptors (Lipinski definition) is 8. The van der Waals surface area contributed by atoms with Gasteiger partial charge in [-0.3, -0.25) is 0 Å². The van der Waals surface area contributed by atoms with Crippen molar-refractivity contribution in [3.05, 3.63) is 53.5 Å². The van der Waals surface area contributed by atoms with E-state index in [0.717, 1.165) is 17.6 Å². The lowest BCUT2D eigenvalue weighted by Crippen LogP contribution is -2.15. The topological polar surface area (TPSA) is 106 Å². The molecular formula is C18H24N6OS. The Kier molecular flexibility index (Phi) is 7.91. The van der Waals surface area contributed by atoms with Gasteiger partial charge in [-0.25, -0.2) is 4.98 Å². The molecule has 0 radical (unpaired) electrons. The van der Waals surface area contributed by atoms with Gasteiger partial charge < -0.3 is 26.5 Å². The third-order valence-corrected chi connectivity index (χ3v) is 4.37. The standard InChI is InChI=1S/C18H24N6OS/c1-13-10-22-18(23-15(9-19)12-20-7-8-25)24-17(13)21-11-14-5-3-4-6-16(14)26-2/h3-6,9-10,12,19-20,25H,7-8,11H2,1-2H3,(H2,21,22,23,24)/b15-12+,19-9?. The average Bonchev–Trinajstić information content (AvgIpc) is 2.67. The lowest BCUT2D eigenvalue weighted by molar-refractivity contribution is 0.298. The fourth-order valence-electron chi connectivity index (χ4n) is 2.20. The molecule has 0 bridgehead atoms. The Labute approximate surface area is 157 Å². The largest absolute Gasteiger partial charge is 0.395 e. The number of benzene rings is 1. The summed E-state index contributed by atoms with van der Waals surface area (Å²) in [6.45, 7) is 3.05. The number of nitrogens with one attached hydrogen (secondary N) is 4. The smallest absolute Gasteiger partial charge is 0.229 e. The Morgan fingerprint density at radius 2 is 2.15 bits per heavy atom. The van der Waals surface area contributed by atoms with Crippen molar-refractivity contribution < 1.29 is 5.11 Å². The summed E-state index contributed by atoms with van der Waals surface area (Å²) in [5.41, 5.74) is 2.65. The van der Waals surface area contributed by atoms with Crippen LogP contribution in [0.2, 0.25) is 0 Å². The molecule has 0 unspecified atom stereocenters. The maximum Gasteiger partial charge on any atom is 0.229 e. The molecule has 138 valence electrons. The van der Waals surface area contributed by atoms with E-state index >= 15 is 0 Å². The van der Waals surface area contributed by atoms with Gasteiger partial charge in [0.1, 0.15) is 5.82 Å². The Bertz CT molecular complexity index is 765. The van der Waals surface area contributed by atoms with E-state index < -0.39 is 0 Å². The Balaban J connectivity index is 2.09. The number of aliphatic hydroxyl groups excluding tert-OH is 1. The number of nitrogens with zero attached hydrogens (tertiary/aromatic N) is 2. The van der Waals surface area contributed by atoms with E-state index in [0.29, 0.717) is 24.7 Å². The molecule has 1 aromatic heterocycles. The van der Waals surface area contributed by atoms with Crippen molar-refractivity contribution in [1.29, 1.82) is 5.41 Å². The molecule has 0 amide bonds. The summed E-state index contributed by atoms with van der Waals surface area (Å²) in [7, 11) is 0. The molecule has 5 N–H and O–H groups in total. The van der Waals surface area contributed by atoms with Crippen LogP contribution < -0.4 is 16.0 Å². The zero-order chi connectivity index (χ0) is 18.8. The fraction of sp³-hybridized carbons (Fsp3) is 0.278. The van der Waals surface area contributed by atoms with Gasteiger partial charge in [0.15, 0.2) is 0 Å². The molecule has 0 saturated heterocycles. The molecule has 7 nitrogen and oxygen atoms in total. The molecule has 0 spiro atoms. The lowest BCUT2D eigenvalue weighted by atomic mass is 10.2. The average molecular weight is 372 g/mol. The van der Waals surface area contributed by atoms with Crippen molar-refractivity contribution in [1.82, 2.24) is 15.3 Å². The molecule has 0 fully saturated rings. The van der Waals surface area contributed by atoms with E-state index in [2.05, 4.69) is 44.3 Å². The van der Waals surface area contributed by atoms with Crippen LogP contribution in [-0.4, -0.2) is 40.7 Å². The molecular weight excluding hydrogens is 348 g/mol. The third-order valence-electron chi connectivity index (χ3n) is 3.54. The predicted octanol–water partition coefficient (Wildman–Crippen LogP) is 2.60. The highest BCUT2D eigenvalue weighted by molar-refractivity contribution is 7.98. The van der Waals surface area contributed by atoms with E-state index in [-0.39, 0.29) is 6.61 Å². The van der Waals surface area contributed by atoms with Gasteiger partial charge in [-0.2, -0.15) is 4.98 Å². The summed E-state index contributed by atoms with van der Waals surface area (Å²) in [5.74, 6) is 1.14. The molecule has 0 atom stereocenters. The zero-order valence-electron chi connectivity index (χ0n) is 14.9. The lowest BCUT2D eigenvalue weighted by Gasteiger charge is -2.13. The number of allylic oxidation sites excluding steroid dienone is 1. The monoisotopic (exact) mass is 372 g/mol. The van der Waals surface area contributed by atoms with Gasteiger partial charge in [0.25, 0.3) is 0 Å². The molecule has 1 heterocycles. The van der Waals surface area contributed by atoms with Gasteiger partial charge in [-0.15, -0.1) is 11.8 Å². The first-order valence-corrected chi connectivity index (χ1v) is 9.41. The Hall–Kier alpha value is -2.58. The van der Waals surface area contributed by atoms with Crippen molar-refractivity contribution in [2.75, 3.05) is 30.0 Å². The second-order valence-electron chi connectivity index (χ2n) is 5.44. The minimum atomic E-state index is 0.0222. The SMILES string of the molecule is CSc1ccccc1CNc1nc(N/C(C=N)=C/NCCO)ncc1C. The van der Waals surface area contributed by atoms with Crippen molar-refractivity contribution in [3.63, 3.8) is 0 Å². The molecule has 0 aliphatic heterocycles. The fourth-order valence-corrected chi connectivity index (χ4v) is 2.82. The summed E-state index contributed by atoms with van der Waals surface area (Å²) in [6.07, 6.45) is 6.57. The van der Waals surface area contributed by atoms with Crippen LogP contribution in [0, 0.1) is 12.3 Å². The van der Waals surface area contributed by atoms with E-state index in [1.807, 2.05) is 19.1 Å². The molecule has 1 aromatic carbocycles. The Morgan fingerprint density at radius 1 is 1.35 bits per heavy atom. The number of aliphatic hydroxyl groups is 1. The number of aromatic nitrogens is 2. The maximum absolute atomic E-state index is 8.80. The van der Waals surface area contributed by atoms with E-state index in [9.17, 15) is 0 Å². The molecule has 0 aliphatic carbocycles. The zero-order valence-corrected chi connectivity index (χ0v) is 15.7. The van der Waals surface area contributed by atoms with Crippen LogP contribution in [0.25, 0.3) is 0 Å². The van der Waals surface area contributed by atoms with Gasteiger partial charge in [-0.05, 0) is 24.8 Å². The summed E-state index contributed by atoms with van der Waals surface area (Å²) in [4.78, 5) is 9.98. The second-order valence-corrected chi connectivity index (χ2v) is 6.29. The summed E-state index contributed by atoms with van der Waals surface area (Å²) in [6, 6.07) is 8.25. The number of thioether (sulfide) groups is 1. The molecule has 0 aliphatic rings. The first-order chi connectivity index (χ1) is 12.7. The number of anilines is 2. The first-order valence-electron chi connectivity index (χ1n) is 8.19. The second kappa shape index (κ2) is 10.4. The van der Waals surface area contributed by atoms with Gasteiger partial charge in [0.2, 0.25) is 5.95 Å². The van der Waals surface area contributed by atoms with Gasteiger partial charge in [0, 0.05) is 42.2 Å². The minimum Gasteiger partial charge on any atom is -0.395 e. The van der Waals surface area contributed by atoms with Gasteiger partial charge in [-0.1, -0.05) is 18.2 Å². The highest BCUT2D eigenvalue weighted by Crippen LogP contribution is 2.21. The highest BCUT2D eigenvalue weighted by Gasteiger charge is 2.06. The number of aryl methyl sites for hydroxylation is 1. The highest BCUT2D eigenvalue weighted by atomic mass is 32.2. The van der Waals surface area contributed by atoms with Crippen molar-refractivity contribution in [2.45, 2.75) is 18.4 Å². The predicted molar refractivity (Wildman–Crippen MR) is 108 cm³/mol. The van der Waals surface area contributed by atoms with Gasteiger partial charge in [0.05, 0.1) is 12.3 Å². The van der Waals surface area contributed by atoms with Crippen molar-refractivity contribution in [2.24, 2.45) is 0 Å². The minimum absolute atomic E-state index is 0.0222. The number of rotatable bonds is 10. The van der Waals surface area contributed by atoms with Crippen LogP contribution >= 0.6 is 11.8 Å². The molecule has 8 heteroatoms. The van der Waals surface area contributed by atoms with E-state index in [1.165, 1.54) is 10.5 Å².